The Kier molecular flexibility index (Phi) is 5.02. The number of hydrogen-bond donors (Lipinski definition) is 1. The van der Waals surface area contributed by atoms with Gasteiger partial charge in [-0.15, -0.1) is 11.3 Å². The van der Waals surface area contributed by atoms with Crippen LogP contribution in [0, 0.1) is 5.92 Å². The van der Waals surface area contributed by atoms with Gasteiger partial charge in [-0.2, -0.15) is 0 Å². The largest absolute Gasteiger partial charge is 0.350 e. The van der Waals surface area contributed by atoms with Crippen molar-refractivity contribution in [2.45, 2.75) is 19.4 Å². The van der Waals surface area contributed by atoms with E-state index in [1.807, 2.05) is 35.7 Å². The number of carbonyl (C=O) groups is 2. The summed E-state index contributed by atoms with van der Waals surface area (Å²) < 4.78 is 0. The molecule has 0 radical (unpaired) electrons. The van der Waals surface area contributed by atoms with Crippen LogP contribution in [-0.4, -0.2) is 34.8 Å². The Balaban J connectivity index is 1.55. The highest BCUT2D eigenvalue weighted by molar-refractivity contribution is 7.12. The molecule has 0 aromatic carbocycles. The molecular formula is C17H19N3O2S. The third-order valence-corrected chi connectivity index (χ3v) is 4.84. The highest BCUT2D eigenvalue weighted by Gasteiger charge is 2.29. The Morgan fingerprint density at radius 3 is 2.96 bits per heavy atom. The Morgan fingerprint density at radius 2 is 2.22 bits per heavy atom. The van der Waals surface area contributed by atoms with Crippen molar-refractivity contribution in [1.82, 2.24) is 15.2 Å². The molecule has 3 rings (SSSR count). The zero-order chi connectivity index (χ0) is 16.1. The van der Waals surface area contributed by atoms with E-state index in [1.54, 1.807) is 11.1 Å². The van der Waals surface area contributed by atoms with Crippen LogP contribution in [0.4, 0.5) is 0 Å². The predicted octanol–water partition coefficient (Wildman–Crippen LogP) is 2.31. The van der Waals surface area contributed by atoms with Gasteiger partial charge >= 0.3 is 0 Å². The molecule has 1 N–H and O–H groups in total. The first kappa shape index (κ1) is 15.7. The Labute approximate surface area is 139 Å². The topological polar surface area (TPSA) is 62.3 Å². The molecule has 2 aromatic rings. The zero-order valence-electron chi connectivity index (χ0n) is 12.8. The van der Waals surface area contributed by atoms with Gasteiger partial charge in [-0.3, -0.25) is 14.6 Å². The van der Waals surface area contributed by atoms with E-state index in [0.29, 0.717) is 13.1 Å². The Hall–Kier alpha value is -2.21. The number of amides is 2. The van der Waals surface area contributed by atoms with Crippen LogP contribution in [0.3, 0.4) is 0 Å². The molecular weight excluding hydrogens is 310 g/mol. The summed E-state index contributed by atoms with van der Waals surface area (Å²) in [5.41, 5.74) is 0.836. The number of aromatic nitrogens is 1. The third-order valence-electron chi connectivity index (χ3n) is 3.98. The molecule has 2 amide bonds. The van der Waals surface area contributed by atoms with Gasteiger partial charge in [0.05, 0.1) is 23.0 Å². The van der Waals surface area contributed by atoms with Gasteiger partial charge in [0.2, 0.25) is 5.91 Å². The molecule has 5 nitrogen and oxygen atoms in total. The van der Waals surface area contributed by atoms with Gasteiger partial charge in [-0.05, 0) is 36.4 Å². The summed E-state index contributed by atoms with van der Waals surface area (Å²) in [6.45, 7) is 1.64. The van der Waals surface area contributed by atoms with Crippen LogP contribution in [0.5, 0.6) is 0 Å². The average molecular weight is 329 g/mol. The molecule has 1 fully saturated rings. The number of piperidine rings is 1. The second kappa shape index (κ2) is 7.37. The number of likely N-dealkylation sites (tertiary alicyclic amines) is 1. The van der Waals surface area contributed by atoms with Crippen LogP contribution in [0.1, 0.15) is 28.2 Å². The molecule has 0 aliphatic carbocycles. The van der Waals surface area contributed by atoms with Crippen molar-refractivity contribution in [2.75, 3.05) is 13.1 Å². The molecule has 6 heteroatoms. The van der Waals surface area contributed by atoms with Crippen molar-refractivity contribution in [3.8, 4) is 0 Å². The number of thiophene rings is 1. The van der Waals surface area contributed by atoms with Gasteiger partial charge in [0.15, 0.2) is 0 Å². The van der Waals surface area contributed by atoms with Crippen molar-refractivity contribution in [3.05, 3.63) is 52.5 Å². The molecule has 0 unspecified atom stereocenters. The fourth-order valence-electron chi connectivity index (χ4n) is 2.76. The fraction of sp³-hybridized carbons (Fsp3) is 0.353. The summed E-state index contributed by atoms with van der Waals surface area (Å²) in [7, 11) is 0. The van der Waals surface area contributed by atoms with E-state index >= 15 is 0 Å². The second-order valence-corrected chi connectivity index (χ2v) is 6.55. The standard InChI is InChI=1S/C17H19N3O2S/c21-16(19-11-14-6-1-2-8-18-14)13-5-3-9-20(12-13)17(22)15-7-4-10-23-15/h1-2,4,6-8,10,13H,3,5,9,11-12H2,(H,19,21)/t13-/m0/s1. The van der Waals surface area contributed by atoms with Crippen molar-refractivity contribution in [2.24, 2.45) is 5.92 Å². The molecule has 0 saturated carbocycles. The minimum atomic E-state index is -0.142. The third kappa shape index (κ3) is 3.96. The summed E-state index contributed by atoms with van der Waals surface area (Å²) in [4.78, 5) is 31.5. The van der Waals surface area contributed by atoms with Crippen LogP contribution in [0.15, 0.2) is 41.9 Å². The monoisotopic (exact) mass is 329 g/mol. The van der Waals surface area contributed by atoms with Crippen LogP contribution in [-0.2, 0) is 11.3 Å². The minimum absolute atomic E-state index is 0.000618. The summed E-state index contributed by atoms with van der Waals surface area (Å²) in [5.74, 6) is -0.113. The number of nitrogens with one attached hydrogen (secondary N) is 1. The molecule has 3 heterocycles. The van der Waals surface area contributed by atoms with Crippen LogP contribution >= 0.6 is 11.3 Å². The molecule has 0 spiro atoms. The number of hydrogen-bond acceptors (Lipinski definition) is 4. The van der Waals surface area contributed by atoms with Crippen LogP contribution in [0.2, 0.25) is 0 Å². The smallest absolute Gasteiger partial charge is 0.263 e. The zero-order valence-corrected chi connectivity index (χ0v) is 13.6. The summed E-state index contributed by atoms with van der Waals surface area (Å²) in [6.07, 6.45) is 3.39. The maximum absolute atomic E-state index is 12.4. The van der Waals surface area contributed by atoms with E-state index in [0.717, 1.165) is 30.0 Å². The second-order valence-electron chi connectivity index (χ2n) is 5.61. The lowest BCUT2D eigenvalue weighted by Gasteiger charge is -2.31. The lowest BCUT2D eigenvalue weighted by Crippen LogP contribution is -2.45. The van der Waals surface area contributed by atoms with Gasteiger partial charge in [-0.25, -0.2) is 0 Å². The molecule has 120 valence electrons. The number of rotatable bonds is 4. The van der Waals surface area contributed by atoms with Crippen molar-refractivity contribution >= 4 is 23.2 Å². The van der Waals surface area contributed by atoms with E-state index in [1.165, 1.54) is 11.3 Å². The van der Waals surface area contributed by atoms with Crippen molar-refractivity contribution < 1.29 is 9.59 Å². The van der Waals surface area contributed by atoms with Crippen LogP contribution in [0.25, 0.3) is 0 Å². The van der Waals surface area contributed by atoms with E-state index in [2.05, 4.69) is 10.3 Å². The normalized spacial score (nSPS) is 17.7. The lowest BCUT2D eigenvalue weighted by molar-refractivity contribution is -0.126. The van der Waals surface area contributed by atoms with Crippen molar-refractivity contribution in [1.29, 1.82) is 0 Å². The molecule has 1 aliphatic rings. The lowest BCUT2D eigenvalue weighted by atomic mass is 9.97. The van der Waals surface area contributed by atoms with Gasteiger partial charge in [0.25, 0.3) is 5.91 Å². The predicted molar refractivity (Wildman–Crippen MR) is 89.0 cm³/mol. The highest BCUT2D eigenvalue weighted by atomic mass is 32.1. The van der Waals surface area contributed by atoms with Gasteiger partial charge < -0.3 is 10.2 Å². The van der Waals surface area contributed by atoms with E-state index in [-0.39, 0.29) is 17.7 Å². The maximum atomic E-state index is 12.4. The molecule has 2 aromatic heterocycles. The van der Waals surface area contributed by atoms with Gasteiger partial charge in [0.1, 0.15) is 0 Å². The Bertz CT molecular complexity index is 658. The average Bonchev–Trinajstić information content (AvgIpc) is 3.14. The van der Waals surface area contributed by atoms with Crippen molar-refractivity contribution in [3.63, 3.8) is 0 Å². The number of pyridine rings is 1. The first-order chi connectivity index (χ1) is 11.2. The SMILES string of the molecule is O=C(NCc1ccccn1)[C@H]1CCCN(C(=O)c2cccs2)C1. The van der Waals surface area contributed by atoms with Gasteiger partial charge in [-0.1, -0.05) is 12.1 Å². The molecule has 1 aliphatic heterocycles. The molecule has 1 atom stereocenters. The van der Waals surface area contributed by atoms with E-state index in [4.69, 9.17) is 0 Å². The first-order valence-electron chi connectivity index (χ1n) is 7.74. The number of carbonyl (C=O) groups excluding carboxylic acids is 2. The fourth-order valence-corrected chi connectivity index (χ4v) is 3.45. The van der Waals surface area contributed by atoms with E-state index in [9.17, 15) is 9.59 Å². The van der Waals surface area contributed by atoms with Gasteiger partial charge in [0, 0.05) is 19.3 Å². The number of nitrogens with zero attached hydrogens (tertiary/aromatic N) is 2. The Morgan fingerprint density at radius 1 is 1.30 bits per heavy atom. The maximum Gasteiger partial charge on any atom is 0.263 e. The highest BCUT2D eigenvalue weighted by Crippen LogP contribution is 2.20. The van der Waals surface area contributed by atoms with Crippen LogP contribution < -0.4 is 5.32 Å². The minimum Gasteiger partial charge on any atom is -0.350 e. The molecule has 0 bridgehead atoms. The molecule has 23 heavy (non-hydrogen) atoms. The quantitative estimate of drug-likeness (QED) is 0.936. The summed E-state index contributed by atoms with van der Waals surface area (Å²) >= 11 is 1.44. The summed E-state index contributed by atoms with van der Waals surface area (Å²) in [5, 5.41) is 4.82. The summed E-state index contributed by atoms with van der Waals surface area (Å²) in [6, 6.07) is 9.33. The molecule has 1 saturated heterocycles. The first-order valence-corrected chi connectivity index (χ1v) is 8.62. The van der Waals surface area contributed by atoms with E-state index < -0.39 is 0 Å².